The van der Waals surface area contributed by atoms with E-state index in [1.807, 2.05) is 33.2 Å². The summed E-state index contributed by atoms with van der Waals surface area (Å²) in [5, 5.41) is 12.2. The number of aromatic nitrogens is 7. The molecule has 11 nitrogen and oxygen atoms in total. The number of nitrogens with zero attached hydrogens (tertiary/aromatic N) is 6. The van der Waals surface area contributed by atoms with E-state index in [4.69, 9.17) is 10.2 Å². The quantitative estimate of drug-likeness (QED) is 0.335. The zero-order valence-corrected chi connectivity index (χ0v) is 22.8. The number of hydrogen-bond donors (Lipinski definition) is 3. The van der Waals surface area contributed by atoms with E-state index in [0.29, 0.717) is 12.2 Å². The van der Waals surface area contributed by atoms with Gasteiger partial charge >= 0.3 is 5.76 Å². The van der Waals surface area contributed by atoms with Crippen molar-refractivity contribution in [3.8, 4) is 11.4 Å². The number of imidazole rings is 1. The molecule has 3 atom stereocenters. The van der Waals surface area contributed by atoms with Crippen LogP contribution in [0.25, 0.3) is 11.4 Å². The second kappa shape index (κ2) is 10.9. The minimum atomic E-state index is -1.22. The predicted molar refractivity (Wildman–Crippen MR) is 147 cm³/mol. The lowest BCUT2D eigenvalue weighted by Gasteiger charge is -2.28. The molecule has 12 heteroatoms. The van der Waals surface area contributed by atoms with Gasteiger partial charge < -0.3 is 20.5 Å². The molecule has 0 saturated carbocycles. The molecule has 3 unspecified atom stereocenters. The van der Waals surface area contributed by atoms with E-state index in [0.717, 1.165) is 29.2 Å². The highest BCUT2D eigenvalue weighted by Crippen LogP contribution is 2.42. The molecule has 0 radical (unpaired) electrons. The summed E-state index contributed by atoms with van der Waals surface area (Å²) in [5.41, 5.74) is 9.99. The van der Waals surface area contributed by atoms with Crippen LogP contribution in [0.15, 0.2) is 81.7 Å². The second-order valence-corrected chi connectivity index (χ2v) is 9.66. The van der Waals surface area contributed by atoms with Crippen LogP contribution in [0.5, 0.6) is 0 Å². The van der Waals surface area contributed by atoms with E-state index >= 15 is 0 Å². The fraction of sp³-hybridized carbons (Fsp3) is 0.321. The molecule has 0 saturated heterocycles. The molecule has 6 rings (SSSR count). The summed E-state index contributed by atoms with van der Waals surface area (Å²) in [6.45, 7) is 6.21. The topological polar surface area (TPSA) is 145 Å². The normalized spacial score (nSPS) is 19.1. The molecular formula is C28H32FN9O2. The molecular weight excluding hydrogens is 513 g/mol. The zero-order valence-electron chi connectivity index (χ0n) is 22.8. The van der Waals surface area contributed by atoms with Gasteiger partial charge in [-0.3, -0.25) is 9.67 Å². The predicted octanol–water partition coefficient (Wildman–Crippen LogP) is 3.09. The first-order valence-electron chi connectivity index (χ1n) is 13.1. The fourth-order valence-corrected chi connectivity index (χ4v) is 5.03. The average Bonchev–Trinajstić information content (AvgIpc) is 3.75. The third-order valence-corrected chi connectivity index (χ3v) is 7.05. The maximum atomic E-state index is 12.5. The summed E-state index contributed by atoms with van der Waals surface area (Å²) in [6.07, 6.45) is 15.6. The molecule has 1 aliphatic heterocycles. The SMILES string of the molecule is CCC1=C(C(N)(c2cnn(C)c2)c2nn(CC)c(=O)o2)NC2C=CC=CC12.Cc1ncc(-c2ccc(F)cn2)[nH]1. The van der Waals surface area contributed by atoms with Crippen molar-refractivity contribution in [1.29, 1.82) is 0 Å². The van der Waals surface area contributed by atoms with Gasteiger partial charge in [0.2, 0.25) is 5.89 Å². The Morgan fingerprint density at radius 1 is 1.15 bits per heavy atom. The molecule has 40 heavy (non-hydrogen) atoms. The first-order valence-corrected chi connectivity index (χ1v) is 13.1. The van der Waals surface area contributed by atoms with Gasteiger partial charge in [-0.15, -0.1) is 5.10 Å². The number of H-pyrrole nitrogens is 1. The Labute approximate surface area is 230 Å². The van der Waals surface area contributed by atoms with Crippen molar-refractivity contribution in [3.63, 3.8) is 0 Å². The van der Waals surface area contributed by atoms with E-state index in [9.17, 15) is 9.18 Å². The Balaban J connectivity index is 0.000000207. The highest BCUT2D eigenvalue weighted by Gasteiger charge is 2.47. The number of allylic oxidation sites excluding steroid dienone is 2. The maximum absolute atomic E-state index is 12.5. The number of fused-ring (bicyclic) bond motifs is 1. The first kappa shape index (κ1) is 27.0. The lowest BCUT2D eigenvalue weighted by Crippen LogP contribution is -2.45. The van der Waals surface area contributed by atoms with Crippen LogP contribution in [0.4, 0.5) is 4.39 Å². The van der Waals surface area contributed by atoms with Crippen LogP contribution in [0.3, 0.4) is 0 Å². The van der Waals surface area contributed by atoms with E-state index in [1.165, 1.54) is 22.5 Å². The number of hydrogen-bond acceptors (Lipinski definition) is 8. The van der Waals surface area contributed by atoms with E-state index in [1.54, 1.807) is 23.1 Å². The fourth-order valence-electron chi connectivity index (χ4n) is 5.03. The van der Waals surface area contributed by atoms with Crippen LogP contribution in [0, 0.1) is 18.7 Å². The standard InChI is InChI=1S/C19H24N6O2.C9H8FN3/c1-4-13-14-8-6-7-9-15(14)22-16(13)19(20,12-10-21-24(3)11-12)17-23-25(5-2)18(26)27-17;1-6-11-5-9(13-6)8-3-2-7(10)4-12-8/h6-11,14-15,22H,4-5,20H2,1-3H3;2-5H,1H3,(H,11,13). The molecule has 4 N–H and O–H groups in total. The largest absolute Gasteiger partial charge is 0.437 e. The van der Waals surface area contributed by atoms with Crippen LogP contribution in [-0.4, -0.2) is 40.6 Å². The van der Waals surface area contributed by atoms with Gasteiger partial charge in [-0.1, -0.05) is 31.2 Å². The molecule has 0 fully saturated rings. The van der Waals surface area contributed by atoms with Gasteiger partial charge in [0, 0.05) is 37.0 Å². The number of pyridine rings is 1. The Bertz CT molecular complexity index is 1640. The highest BCUT2D eigenvalue weighted by atomic mass is 19.1. The molecule has 2 aliphatic rings. The molecule has 0 amide bonds. The zero-order chi connectivity index (χ0) is 28.4. The molecule has 208 valence electrons. The third-order valence-electron chi connectivity index (χ3n) is 7.05. The number of aryl methyl sites for hydroxylation is 3. The Hall–Kier alpha value is -4.58. The summed E-state index contributed by atoms with van der Waals surface area (Å²) < 4.78 is 21.0. The van der Waals surface area contributed by atoms with E-state index in [2.05, 4.69) is 55.6 Å². The molecule has 5 heterocycles. The van der Waals surface area contributed by atoms with Crippen LogP contribution >= 0.6 is 0 Å². The van der Waals surface area contributed by atoms with Crippen molar-refractivity contribution in [2.24, 2.45) is 18.7 Å². The van der Waals surface area contributed by atoms with Crippen molar-refractivity contribution >= 4 is 0 Å². The van der Waals surface area contributed by atoms with Crippen LogP contribution in [0.1, 0.15) is 37.5 Å². The minimum absolute atomic E-state index is 0.125. The van der Waals surface area contributed by atoms with Gasteiger partial charge in [0.25, 0.3) is 0 Å². The molecule has 4 aromatic heterocycles. The smallest absolute Gasteiger partial charge is 0.389 e. The summed E-state index contributed by atoms with van der Waals surface area (Å²) in [6, 6.07) is 3.11. The molecule has 4 aromatic rings. The lowest BCUT2D eigenvalue weighted by molar-refractivity contribution is 0.381. The number of rotatable bonds is 6. The Kier molecular flexibility index (Phi) is 7.35. The average molecular weight is 546 g/mol. The van der Waals surface area contributed by atoms with Crippen molar-refractivity contribution in [2.75, 3.05) is 0 Å². The first-order chi connectivity index (χ1) is 19.2. The molecule has 0 spiro atoms. The number of aromatic amines is 1. The Morgan fingerprint density at radius 3 is 2.55 bits per heavy atom. The van der Waals surface area contributed by atoms with Gasteiger partial charge in [0.15, 0.2) is 5.54 Å². The second-order valence-electron chi connectivity index (χ2n) is 9.66. The van der Waals surface area contributed by atoms with Crippen LogP contribution < -0.4 is 16.8 Å². The maximum Gasteiger partial charge on any atom is 0.437 e. The molecule has 1 aliphatic carbocycles. The highest BCUT2D eigenvalue weighted by molar-refractivity contribution is 5.52. The monoisotopic (exact) mass is 545 g/mol. The number of nitrogens with two attached hydrogens (primary N) is 1. The van der Waals surface area contributed by atoms with Crippen LogP contribution in [-0.2, 0) is 19.1 Å². The van der Waals surface area contributed by atoms with Crippen molar-refractivity contribution in [1.82, 2.24) is 39.8 Å². The number of halogens is 1. The van der Waals surface area contributed by atoms with Gasteiger partial charge in [-0.2, -0.15) is 9.78 Å². The van der Waals surface area contributed by atoms with Crippen molar-refractivity contribution in [2.45, 2.75) is 45.3 Å². The third kappa shape index (κ3) is 4.93. The van der Waals surface area contributed by atoms with Crippen molar-refractivity contribution in [3.05, 3.63) is 106 Å². The summed E-state index contributed by atoms with van der Waals surface area (Å²) in [7, 11) is 1.83. The van der Waals surface area contributed by atoms with E-state index in [-0.39, 0.29) is 23.7 Å². The van der Waals surface area contributed by atoms with Gasteiger partial charge in [0.05, 0.1) is 36.0 Å². The van der Waals surface area contributed by atoms with Gasteiger partial charge in [0.1, 0.15) is 11.6 Å². The lowest BCUT2D eigenvalue weighted by atomic mass is 9.83. The molecule has 0 aromatic carbocycles. The van der Waals surface area contributed by atoms with Crippen molar-refractivity contribution < 1.29 is 8.81 Å². The van der Waals surface area contributed by atoms with Gasteiger partial charge in [-0.25, -0.2) is 14.2 Å². The summed E-state index contributed by atoms with van der Waals surface area (Å²) >= 11 is 0. The Morgan fingerprint density at radius 2 is 1.95 bits per heavy atom. The number of nitrogens with one attached hydrogen (secondary N) is 2. The summed E-state index contributed by atoms with van der Waals surface area (Å²) in [5.74, 6) is 0.359. The summed E-state index contributed by atoms with van der Waals surface area (Å²) in [4.78, 5) is 23.1. The van der Waals surface area contributed by atoms with Gasteiger partial charge in [-0.05, 0) is 38.0 Å². The minimum Gasteiger partial charge on any atom is -0.389 e. The van der Waals surface area contributed by atoms with E-state index < -0.39 is 11.3 Å². The molecule has 0 bridgehead atoms. The van der Waals surface area contributed by atoms with Crippen LogP contribution in [0.2, 0.25) is 0 Å².